The fraction of sp³-hybridized carbons (Fsp3) is 0. The summed E-state index contributed by atoms with van der Waals surface area (Å²) in [4.78, 5) is 3.69. The Morgan fingerprint density at radius 2 is 2.05 bits per heavy atom. The number of sulfonamides is 1. The monoisotopic (exact) mass is 307 g/mol. The van der Waals surface area contributed by atoms with E-state index in [2.05, 4.69) is 15.1 Å². The number of nitrogens with one attached hydrogen (secondary N) is 2. The Hall–Kier alpha value is -2.70. The Labute approximate surface area is 120 Å². The van der Waals surface area contributed by atoms with E-state index in [1.54, 1.807) is 6.07 Å². The van der Waals surface area contributed by atoms with Crippen LogP contribution in [-0.4, -0.2) is 13.4 Å². The average molecular weight is 307 g/mol. The molecule has 0 aliphatic carbocycles. The van der Waals surface area contributed by atoms with Gasteiger partial charge in [-0.25, -0.2) is 23.6 Å². The summed E-state index contributed by atoms with van der Waals surface area (Å²) in [5.41, 5.74) is 2.10. The van der Waals surface area contributed by atoms with Crippen molar-refractivity contribution in [3.63, 3.8) is 0 Å². The number of nitrogens with two attached hydrogens (primary N) is 1. The second kappa shape index (κ2) is 5.74. The van der Waals surface area contributed by atoms with Gasteiger partial charge in [0.2, 0.25) is 0 Å². The summed E-state index contributed by atoms with van der Waals surface area (Å²) in [6.07, 6.45) is 1.12. The number of nitrogens with zero attached hydrogens (tertiary/aromatic N) is 2. The number of hydrogen-bond acceptors (Lipinski definition) is 6. The average Bonchev–Trinajstić information content (AvgIpc) is 2.49. The smallest absolute Gasteiger partial charge is 0.263 e. The fourth-order valence-electron chi connectivity index (χ4n) is 1.51. The maximum atomic E-state index is 13.2. The highest BCUT2D eigenvalue weighted by Gasteiger charge is 2.15. The summed E-state index contributed by atoms with van der Waals surface area (Å²) in [5, 5.41) is 8.72. The molecule has 0 atom stereocenters. The first-order valence-corrected chi connectivity index (χ1v) is 7.10. The normalized spacial score (nSPS) is 10.7. The van der Waals surface area contributed by atoms with Crippen LogP contribution >= 0.6 is 0 Å². The molecule has 1 heterocycles. The van der Waals surface area contributed by atoms with Gasteiger partial charge in [-0.05, 0) is 30.3 Å². The maximum Gasteiger partial charge on any atom is 0.263 e. The van der Waals surface area contributed by atoms with E-state index in [9.17, 15) is 12.8 Å². The standard InChI is InChI=1S/C12H10FN5O2S/c13-11-3-1-9(5-8(11)6-14)18-21(19,20)10-2-4-12(17-15)16-7-10/h1-5,7,18H,15H2,(H,16,17). The first kappa shape index (κ1) is 14.7. The molecule has 0 aliphatic heterocycles. The summed E-state index contributed by atoms with van der Waals surface area (Å²) in [6, 6.07) is 7.66. The van der Waals surface area contributed by atoms with Crippen LogP contribution in [0.4, 0.5) is 15.9 Å². The Morgan fingerprint density at radius 3 is 2.62 bits per heavy atom. The molecule has 0 unspecified atom stereocenters. The largest absolute Gasteiger partial charge is 0.308 e. The number of rotatable bonds is 4. The molecule has 0 saturated heterocycles. The zero-order chi connectivity index (χ0) is 15.5. The van der Waals surface area contributed by atoms with Crippen LogP contribution in [0.2, 0.25) is 0 Å². The van der Waals surface area contributed by atoms with Crippen LogP contribution in [0.1, 0.15) is 5.56 Å². The highest BCUT2D eigenvalue weighted by Crippen LogP contribution is 2.19. The number of pyridine rings is 1. The molecular formula is C12H10FN5O2S. The van der Waals surface area contributed by atoms with E-state index in [0.717, 1.165) is 18.3 Å². The third-order valence-corrected chi connectivity index (χ3v) is 3.90. The van der Waals surface area contributed by atoms with Crippen LogP contribution in [0, 0.1) is 17.1 Å². The molecule has 1 aromatic carbocycles. The third kappa shape index (κ3) is 3.25. The Kier molecular flexibility index (Phi) is 4.02. The SMILES string of the molecule is N#Cc1cc(NS(=O)(=O)c2ccc(NN)nc2)ccc1F. The van der Waals surface area contributed by atoms with Gasteiger partial charge >= 0.3 is 0 Å². The molecule has 7 nitrogen and oxygen atoms in total. The minimum absolute atomic E-state index is 0.0778. The van der Waals surface area contributed by atoms with Crippen LogP contribution in [0.25, 0.3) is 0 Å². The Balaban J connectivity index is 2.30. The van der Waals surface area contributed by atoms with Gasteiger partial charge in [-0.15, -0.1) is 0 Å². The van der Waals surface area contributed by atoms with Gasteiger partial charge in [0.1, 0.15) is 22.6 Å². The van der Waals surface area contributed by atoms with E-state index >= 15 is 0 Å². The minimum atomic E-state index is -3.89. The molecule has 1 aromatic heterocycles. The summed E-state index contributed by atoms with van der Waals surface area (Å²) < 4.78 is 39.6. The van der Waals surface area contributed by atoms with E-state index in [4.69, 9.17) is 11.1 Å². The van der Waals surface area contributed by atoms with E-state index < -0.39 is 15.8 Å². The lowest BCUT2D eigenvalue weighted by molar-refractivity contribution is 0.600. The number of hydrazine groups is 1. The van der Waals surface area contributed by atoms with Gasteiger partial charge in [-0.3, -0.25) is 4.72 Å². The zero-order valence-corrected chi connectivity index (χ0v) is 11.4. The molecule has 9 heteroatoms. The molecule has 0 aliphatic rings. The van der Waals surface area contributed by atoms with Crippen LogP contribution in [0.5, 0.6) is 0 Å². The van der Waals surface area contributed by atoms with Crippen molar-refractivity contribution in [1.82, 2.24) is 4.98 Å². The highest BCUT2D eigenvalue weighted by atomic mass is 32.2. The van der Waals surface area contributed by atoms with Crippen LogP contribution < -0.4 is 16.0 Å². The topological polar surface area (TPSA) is 121 Å². The minimum Gasteiger partial charge on any atom is -0.308 e. The lowest BCUT2D eigenvalue weighted by Crippen LogP contribution is -2.14. The number of aromatic nitrogens is 1. The zero-order valence-electron chi connectivity index (χ0n) is 10.5. The van der Waals surface area contributed by atoms with E-state index in [0.29, 0.717) is 5.82 Å². The fourth-order valence-corrected chi connectivity index (χ4v) is 2.51. The molecule has 0 spiro atoms. The molecule has 108 valence electrons. The molecular weight excluding hydrogens is 297 g/mol. The summed E-state index contributed by atoms with van der Waals surface area (Å²) in [5.74, 6) is 4.72. The summed E-state index contributed by atoms with van der Waals surface area (Å²) in [7, 11) is -3.89. The van der Waals surface area contributed by atoms with Gasteiger partial charge in [-0.2, -0.15) is 5.26 Å². The van der Waals surface area contributed by atoms with Crippen molar-refractivity contribution in [3.8, 4) is 6.07 Å². The maximum absolute atomic E-state index is 13.2. The number of benzene rings is 1. The molecule has 0 bridgehead atoms. The molecule has 21 heavy (non-hydrogen) atoms. The second-order valence-corrected chi connectivity index (χ2v) is 5.62. The van der Waals surface area contributed by atoms with Crippen LogP contribution in [-0.2, 0) is 10.0 Å². The van der Waals surface area contributed by atoms with Gasteiger partial charge in [0.05, 0.1) is 11.3 Å². The summed E-state index contributed by atoms with van der Waals surface area (Å²) >= 11 is 0. The number of nitriles is 1. The molecule has 2 rings (SSSR count). The molecule has 0 fully saturated rings. The van der Waals surface area contributed by atoms with Crippen LogP contribution in [0.3, 0.4) is 0 Å². The number of hydrogen-bond donors (Lipinski definition) is 3. The van der Waals surface area contributed by atoms with Gasteiger partial charge in [0, 0.05) is 6.20 Å². The molecule has 0 radical (unpaired) electrons. The van der Waals surface area contributed by atoms with Crippen molar-refractivity contribution >= 4 is 21.5 Å². The van der Waals surface area contributed by atoms with E-state index in [1.807, 2.05) is 0 Å². The van der Waals surface area contributed by atoms with Crippen molar-refractivity contribution < 1.29 is 12.8 Å². The van der Waals surface area contributed by atoms with E-state index in [1.165, 1.54) is 18.2 Å². The Morgan fingerprint density at radius 1 is 1.29 bits per heavy atom. The predicted octanol–water partition coefficient (Wildman–Crippen LogP) is 1.18. The quantitative estimate of drug-likeness (QED) is 0.576. The Bertz CT molecular complexity index is 799. The molecule has 0 amide bonds. The van der Waals surface area contributed by atoms with Gasteiger partial charge in [-0.1, -0.05) is 0 Å². The molecule has 4 N–H and O–H groups in total. The number of anilines is 2. The first-order valence-electron chi connectivity index (χ1n) is 5.61. The predicted molar refractivity (Wildman–Crippen MR) is 74.0 cm³/mol. The van der Waals surface area contributed by atoms with Crippen molar-refractivity contribution in [1.29, 1.82) is 5.26 Å². The first-order chi connectivity index (χ1) is 9.96. The van der Waals surface area contributed by atoms with Gasteiger partial charge in [0.15, 0.2) is 0 Å². The highest BCUT2D eigenvalue weighted by molar-refractivity contribution is 7.92. The van der Waals surface area contributed by atoms with Crippen molar-refractivity contribution in [3.05, 3.63) is 47.9 Å². The summed E-state index contributed by atoms with van der Waals surface area (Å²) in [6.45, 7) is 0. The molecule has 2 aromatic rings. The van der Waals surface area contributed by atoms with Crippen molar-refractivity contribution in [2.45, 2.75) is 4.90 Å². The number of nitrogen functional groups attached to an aromatic ring is 1. The third-order valence-electron chi connectivity index (χ3n) is 2.53. The van der Waals surface area contributed by atoms with Gasteiger partial charge < -0.3 is 5.43 Å². The van der Waals surface area contributed by atoms with Crippen molar-refractivity contribution in [2.24, 2.45) is 5.84 Å². The van der Waals surface area contributed by atoms with E-state index in [-0.39, 0.29) is 16.1 Å². The molecule has 0 saturated carbocycles. The lowest BCUT2D eigenvalue weighted by Gasteiger charge is -2.08. The lowest BCUT2D eigenvalue weighted by atomic mass is 10.2. The number of halogens is 1. The second-order valence-electron chi connectivity index (χ2n) is 3.94. The van der Waals surface area contributed by atoms with Gasteiger partial charge in [0.25, 0.3) is 10.0 Å². The van der Waals surface area contributed by atoms with Crippen LogP contribution in [0.15, 0.2) is 41.4 Å². The van der Waals surface area contributed by atoms with Crippen molar-refractivity contribution in [2.75, 3.05) is 10.1 Å².